The number of benzene rings is 1. The molecule has 1 aliphatic rings. The summed E-state index contributed by atoms with van der Waals surface area (Å²) >= 11 is 0. The van der Waals surface area contributed by atoms with Crippen molar-refractivity contribution in [3.8, 4) is 0 Å². The molecule has 9 heteroatoms. The number of para-hydroxylation sites is 1. The number of hydrogen-bond donors (Lipinski definition) is 2. The lowest BCUT2D eigenvalue weighted by atomic mass is 10.1. The fourth-order valence-corrected chi connectivity index (χ4v) is 2.92. The van der Waals surface area contributed by atoms with Gasteiger partial charge in [0, 0.05) is 37.1 Å². The largest absolute Gasteiger partial charge is 0.389 e. The minimum absolute atomic E-state index is 0.104. The first kappa shape index (κ1) is 19.7. The summed E-state index contributed by atoms with van der Waals surface area (Å²) in [6.07, 6.45) is -4.00. The van der Waals surface area contributed by atoms with Crippen molar-refractivity contribution in [1.29, 1.82) is 0 Å². The first-order valence-corrected chi connectivity index (χ1v) is 8.75. The molecule has 1 aliphatic heterocycles. The van der Waals surface area contributed by atoms with Gasteiger partial charge in [-0.3, -0.25) is 14.6 Å². The Bertz CT molecular complexity index is 870. The molecule has 6 nitrogen and oxygen atoms in total. The molecule has 1 aromatic carbocycles. The number of hydrogen-bond acceptors (Lipinski definition) is 4. The molecule has 0 saturated carbocycles. The van der Waals surface area contributed by atoms with Crippen LogP contribution in [-0.4, -0.2) is 42.6 Å². The number of carbonyl (C=O) groups excluding carboxylic acids is 2. The highest BCUT2D eigenvalue weighted by molar-refractivity contribution is 6.03. The number of anilines is 2. The van der Waals surface area contributed by atoms with E-state index in [1.165, 1.54) is 6.20 Å². The fourth-order valence-electron chi connectivity index (χ4n) is 2.92. The molecular weight excluding hydrogens is 373 g/mol. The van der Waals surface area contributed by atoms with Gasteiger partial charge in [-0.15, -0.1) is 0 Å². The molecule has 0 radical (unpaired) electrons. The van der Waals surface area contributed by atoms with Gasteiger partial charge in [-0.2, -0.15) is 13.2 Å². The molecule has 2 N–H and O–H groups in total. The number of pyridine rings is 1. The number of nitrogens with one attached hydrogen (secondary N) is 2. The number of halogens is 3. The third-order valence-corrected chi connectivity index (χ3v) is 4.32. The molecule has 28 heavy (non-hydrogen) atoms. The van der Waals surface area contributed by atoms with E-state index in [0.29, 0.717) is 30.0 Å². The molecule has 1 fully saturated rings. The van der Waals surface area contributed by atoms with E-state index >= 15 is 0 Å². The van der Waals surface area contributed by atoms with Crippen LogP contribution >= 0.6 is 0 Å². The minimum atomic E-state index is -4.27. The van der Waals surface area contributed by atoms with E-state index in [0.717, 1.165) is 0 Å². The Balaban J connectivity index is 1.73. The van der Waals surface area contributed by atoms with Gasteiger partial charge in [-0.1, -0.05) is 18.2 Å². The van der Waals surface area contributed by atoms with E-state index < -0.39 is 18.5 Å². The predicted molar refractivity (Wildman–Crippen MR) is 98.2 cm³/mol. The summed E-state index contributed by atoms with van der Waals surface area (Å²) in [5.74, 6) is -0.629. The Morgan fingerprint density at radius 3 is 2.79 bits per heavy atom. The Morgan fingerprint density at radius 2 is 2.04 bits per heavy atom. The normalized spacial score (nSPS) is 14.5. The molecule has 1 saturated heterocycles. The smallest absolute Gasteiger partial charge is 0.360 e. The van der Waals surface area contributed by atoms with Gasteiger partial charge < -0.3 is 15.5 Å². The second kappa shape index (κ2) is 8.28. The van der Waals surface area contributed by atoms with Crippen molar-refractivity contribution in [3.05, 3.63) is 53.9 Å². The Labute approximate surface area is 159 Å². The maximum absolute atomic E-state index is 12.6. The van der Waals surface area contributed by atoms with Crippen molar-refractivity contribution in [2.75, 3.05) is 29.9 Å². The second-order valence-electron chi connectivity index (χ2n) is 6.40. The molecular formula is C19H19F3N4O2. The topological polar surface area (TPSA) is 74.3 Å². The third-order valence-electron chi connectivity index (χ3n) is 4.32. The van der Waals surface area contributed by atoms with Crippen molar-refractivity contribution in [3.63, 3.8) is 0 Å². The van der Waals surface area contributed by atoms with E-state index in [1.807, 2.05) is 4.90 Å². The van der Waals surface area contributed by atoms with Crippen LogP contribution in [0.2, 0.25) is 0 Å². The van der Waals surface area contributed by atoms with Crippen LogP contribution in [0.15, 0.2) is 42.6 Å². The summed E-state index contributed by atoms with van der Waals surface area (Å²) < 4.78 is 37.6. The van der Waals surface area contributed by atoms with E-state index in [1.54, 1.807) is 36.4 Å². The van der Waals surface area contributed by atoms with Gasteiger partial charge in [-0.25, -0.2) is 0 Å². The standard InChI is InChI=1S/C19H19F3N4O2/c20-19(21,22)7-5-13-3-1-2-4-15(13)25-18(28)16-11-14(6-8-23-16)26-10-9-24-17(27)12-26/h1-4,6,8,11H,5,7,9-10,12H2,(H,24,27)(H,25,28). The molecule has 0 unspecified atom stereocenters. The fraction of sp³-hybridized carbons (Fsp3) is 0.316. The quantitative estimate of drug-likeness (QED) is 0.821. The number of amides is 2. The van der Waals surface area contributed by atoms with Crippen molar-refractivity contribution in [2.45, 2.75) is 19.0 Å². The molecule has 2 aromatic rings. The zero-order chi connectivity index (χ0) is 20.1. The average molecular weight is 392 g/mol. The number of aromatic nitrogens is 1. The van der Waals surface area contributed by atoms with E-state index in [4.69, 9.17) is 0 Å². The lowest BCUT2D eigenvalue weighted by molar-refractivity contribution is -0.134. The zero-order valence-corrected chi connectivity index (χ0v) is 14.9. The lowest BCUT2D eigenvalue weighted by Gasteiger charge is -2.28. The van der Waals surface area contributed by atoms with E-state index in [-0.39, 0.29) is 24.6 Å². The van der Waals surface area contributed by atoms with Crippen LogP contribution in [-0.2, 0) is 11.2 Å². The molecule has 0 aliphatic carbocycles. The average Bonchev–Trinajstić information content (AvgIpc) is 2.67. The van der Waals surface area contributed by atoms with Gasteiger partial charge in [-0.05, 0) is 30.2 Å². The van der Waals surface area contributed by atoms with Gasteiger partial charge in [0.1, 0.15) is 5.69 Å². The summed E-state index contributed by atoms with van der Waals surface area (Å²) in [5, 5.41) is 5.36. The zero-order valence-electron chi connectivity index (χ0n) is 14.9. The summed E-state index contributed by atoms with van der Waals surface area (Å²) in [6, 6.07) is 9.64. The molecule has 2 amide bonds. The third kappa shape index (κ3) is 5.21. The first-order chi connectivity index (χ1) is 13.3. The van der Waals surface area contributed by atoms with Crippen molar-refractivity contribution < 1.29 is 22.8 Å². The number of piperazine rings is 1. The van der Waals surface area contributed by atoms with Crippen LogP contribution in [0.1, 0.15) is 22.5 Å². The van der Waals surface area contributed by atoms with Crippen LogP contribution < -0.4 is 15.5 Å². The maximum Gasteiger partial charge on any atom is 0.389 e. The second-order valence-corrected chi connectivity index (χ2v) is 6.40. The van der Waals surface area contributed by atoms with Crippen LogP contribution in [0, 0.1) is 0 Å². The number of alkyl halides is 3. The Morgan fingerprint density at radius 1 is 1.25 bits per heavy atom. The molecule has 148 valence electrons. The van der Waals surface area contributed by atoms with Gasteiger partial charge in [0.2, 0.25) is 5.91 Å². The first-order valence-electron chi connectivity index (χ1n) is 8.75. The minimum Gasteiger partial charge on any atom is -0.360 e. The monoisotopic (exact) mass is 392 g/mol. The molecule has 0 atom stereocenters. The van der Waals surface area contributed by atoms with E-state index in [9.17, 15) is 22.8 Å². The van der Waals surface area contributed by atoms with Crippen LogP contribution in [0.25, 0.3) is 0 Å². The van der Waals surface area contributed by atoms with Crippen molar-refractivity contribution >= 4 is 23.2 Å². The van der Waals surface area contributed by atoms with Gasteiger partial charge >= 0.3 is 6.18 Å². The molecule has 3 rings (SSSR count). The van der Waals surface area contributed by atoms with Crippen molar-refractivity contribution in [2.24, 2.45) is 0 Å². The number of aryl methyl sites for hydroxylation is 1. The van der Waals surface area contributed by atoms with Gasteiger partial charge in [0.25, 0.3) is 5.91 Å². The highest BCUT2D eigenvalue weighted by atomic mass is 19.4. The summed E-state index contributed by atoms with van der Waals surface area (Å²) in [7, 11) is 0. The maximum atomic E-state index is 12.6. The SMILES string of the molecule is O=C1CN(c2ccnc(C(=O)Nc3ccccc3CCC(F)(F)F)c2)CCN1. The summed E-state index contributed by atoms with van der Waals surface area (Å²) in [5.41, 5.74) is 1.52. The number of nitrogens with zero attached hydrogens (tertiary/aromatic N) is 2. The van der Waals surface area contributed by atoms with Gasteiger partial charge in [0.15, 0.2) is 0 Å². The lowest BCUT2D eigenvalue weighted by Crippen LogP contribution is -2.47. The van der Waals surface area contributed by atoms with Crippen LogP contribution in [0.4, 0.5) is 24.5 Å². The molecule has 0 spiro atoms. The van der Waals surface area contributed by atoms with E-state index in [2.05, 4.69) is 15.6 Å². The number of carbonyl (C=O) groups is 2. The Hall–Kier alpha value is -3.10. The van der Waals surface area contributed by atoms with Crippen molar-refractivity contribution in [1.82, 2.24) is 10.3 Å². The molecule has 0 bridgehead atoms. The summed E-state index contributed by atoms with van der Waals surface area (Å²) in [6.45, 7) is 1.30. The highest BCUT2D eigenvalue weighted by Crippen LogP contribution is 2.25. The van der Waals surface area contributed by atoms with Crippen LogP contribution in [0.5, 0.6) is 0 Å². The van der Waals surface area contributed by atoms with Crippen LogP contribution in [0.3, 0.4) is 0 Å². The Kier molecular flexibility index (Phi) is 5.81. The number of rotatable bonds is 5. The predicted octanol–water partition coefficient (Wildman–Crippen LogP) is 2.77. The summed E-state index contributed by atoms with van der Waals surface area (Å²) in [4.78, 5) is 30.0. The molecule has 2 heterocycles. The highest BCUT2D eigenvalue weighted by Gasteiger charge is 2.27. The molecule has 1 aromatic heterocycles. The van der Waals surface area contributed by atoms with Gasteiger partial charge in [0.05, 0.1) is 6.54 Å².